The van der Waals surface area contributed by atoms with Crippen LogP contribution in [-0.2, 0) is 0 Å². The fraction of sp³-hybridized carbons (Fsp3) is 0.258. The van der Waals surface area contributed by atoms with Gasteiger partial charge in [-0.3, -0.25) is 0 Å². The van der Waals surface area contributed by atoms with Crippen molar-refractivity contribution in [3.8, 4) is 0 Å². The second-order valence-corrected chi connectivity index (χ2v) is 9.88. The number of hydrogen-bond acceptors (Lipinski definition) is 3. The molecule has 3 aromatic carbocycles. The van der Waals surface area contributed by atoms with Crippen LogP contribution in [-0.4, -0.2) is 66.7 Å². The van der Waals surface area contributed by atoms with E-state index >= 15 is 0 Å². The third-order valence-corrected chi connectivity index (χ3v) is 6.57. The fourth-order valence-electron chi connectivity index (χ4n) is 4.66. The molecule has 0 aliphatic heterocycles. The zero-order valence-corrected chi connectivity index (χ0v) is 22.3. The number of anilines is 3. The Bertz CT molecular complexity index is 1250. The van der Waals surface area contributed by atoms with Crippen molar-refractivity contribution in [3.05, 3.63) is 101 Å². The van der Waals surface area contributed by atoms with Gasteiger partial charge in [-0.15, -0.1) is 0 Å². The topological polar surface area (TPSA) is 12.7 Å². The van der Waals surface area contributed by atoms with Crippen molar-refractivity contribution in [2.75, 3.05) is 71.1 Å². The average Bonchev–Trinajstić information content (AvgIpc) is 2.84. The normalized spacial score (nSPS) is 12.3. The van der Waals surface area contributed by atoms with Gasteiger partial charge in [0.1, 0.15) is 14.1 Å². The number of benzene rings is 3. The monoisotopic (exact) mass is 465 g/mol. The largest absolute Gasteiger partial charge is 0.378 e. The summed E-state index contributed by atoms with van der Waals surface area (Å²) in [5.74, 6) is 0. The lowest BCUT2D eigenvalue weighted by atomic mass is 9.82. The van der Waals surface area contributed by atoms with Crippen LogP contribution in [0.5, 0.6) is 0 Å². The lowest BCUT2D eigenvalue weighted by molar-refractivity contribution is -0.463. The minimum Gasteiger partial charge on any atom is -0.378 e. The van der Waals surface area contributed by atoms with Crippen LogP contribution in [0, 0.1) is 0 Å². The summed E-state index contributed by atoms with van der Waals surface area (Å²) in [5.41, 5.74) is 12.3. The number of hydrogen-bond donors (Lipinski definition) is 0. The highest BCUT2D eigenvalue weighted by atomic mass is 15.1. The van der Waals surface area contributed by atoms with Crippen molar-refractivity contribution in [1.29, 1.82) is 0 Å². The number of rotatable bonds is 5. The summed E-state index contributed by atoms with van der Waals surface area (Å²) in [4.78, 5) is 6.48. The van der Waals surface area contributed by atoms with Gasteiger partial charge in [0.25, 0.3) is 0 Å². The SMILES string of the molecule is CN(C)c1ccc(C(=C2C=CC(=[N+](C)C)c3c2cccc3N(C)C)c2ccc(N(C)C)cc2)cc1. The van der Waals surface area contributed by atoms with Crippen LogP contribution in [0.4, 0.5) is 17.1 Å². The molecule has 0 bridgehead atoms. The molecule has 0 fully saturated rings. The summed E-state index contributed by atoms with van der Waals surface area (Å²) < 4.78 is 2.20. The molecule has 0 unspecified atom stereocenters. The summed E-state index contributed by atoms with van der Waals surface area (Å²) in [6.45, 7) is 0. The maximum atomic E-state index is 2.28. The Hall–Kier alpha value is -3.79. The zero-order valence-electron chi connectivity index (χ0n) is 22.3. The molecule has 0 amide bonds. The van der Waals surface area contributed by atoms with Gasteiger partial charge in [-0.2, -0.15) is 0 Å². The number of allylic oxidation sites excluding steroid dienone is 3. The molecule has 0 spiro atoms. The van der Waals surface area contributed by atoms with Crippen LogP contribution in [0.1, 0.15) is 22.3 Å². The molecule has 0 atom stereocenters. The van der Waals surface area contributed by atoms with Crippen molar-refractivity contribution in [2.24, 2.45) is 0 Å². The van der Waals surface area contributed by atoms with Crippen molar-refractivity contribution in [1.82, 2.24) is 0 Å². The van der Waals surface area contributed by atoms with E-state index in [1.165, 1.54) is 56.2 Å². The highest BCUT2D eigenvalue weighted by Gasteiger charge is 2.27. The smallest absolute Gasteiger partial charge is 0.209 e. The van der Waals surface area contributed by atoms with Crippen molar-refractivity contribution in [3.63, 3.8) is 0 Å². The quantitative estimate of drug-likeness (QED) is 0.464. The van der Waals surface area contributed by atoms with Crippen LogP contribution in [0.2, 0.25) is 0 Å². The third kappa shape index (κ3) is 4.74. The van der Waals surface area contributed by atoms with Crippen LogP contribution in [0.15, 0.2) is 78.9 Å². The maximum absolute atomic E-state index is 2.28. The Balaban J connectivity index is 2.04. The summed E-state index contributed by atoms with van der Waals surface area (Å²) in [6.07, 6.45) is 4.54. The van der Waals surface area contributed by atoms with E-state index in [9.17, 15) is 0 Å². The first-order valence-corrected chi connectivity index (χ1v) is 12.0. The van der Waals surface area contributed by atoms with Gasteiger partial charge >= 0.3 is 0 Å². The van der Waals surface area contributed by atoms with E-state index in [-0.39, 0.29) is 0 Å². The molecule has 1 aliphatic rings. The first kappa shape index (κ1) is 24.3. The Kier molecular flexibility index (Phi) is 6.83. The van der Waals surface area contributed by atoms with E-state index in [0.717, 1.165) is 0 Å². The van der Waals surface area contributed by atoms with Gasteiger partial charge in [0.15, 0.2) is 0 Å². The van der Waals surface area contributed by atoms with Crippen LogP contribution in [0.25, 0.3) is 11.1 Å². The molecule has 0 saturated carbocycles. The molecular formula is C31H37N4+. The van der Waals surface area contributed by atoms with Gasteiger partial charge < -0.3 is 14.7 Å². The van der Waals surface area contributed by atoms with E-state index < -0.39 is 0 Å². The van der Waals surface area contributed by atoms with Gasteiger partial charge in [0, 0.05) is 59.7 Å². The van der Waals surface area contributed by atoms with E-state index in [1.807, 2.05) is 0 Å². The van der Waals surface area contributed by atoms with Gasteiger partial charge in [0.2, 0.25) is 5.71 Å². The Morgan fingerprint density at radius 2 is 1.11 bits per heavy atom. The van der Waals surface area contributed by atoms with E-state index in [0.29, 0.717) is 0 Å². The second-order valence-electron chi connectivity index (χ2n) is 9.88. The first-order chi connectivity index (χ1) is 16.7. The lowest BCUT2D eigenvalue weighted by Crippen LogP contribution is -2.22. The average molecular weight is 466 g/mol. The van der Waals surface area contributed by atoms with Gasteiger partial charge in [-0.1, -0.05) is 36.4 Å². The highest BCUT2D eigenvalue weighted by molar-refractivity contribution is 6.19. The van der Waals surface area contributed by atoms with Gasteiger partial charge in [-0.25, -0.2) is 4.58 Å². The Morgan fingerprint density at radius 1 is 0.600 bits per heavy atom. The molecular weight excluding hydrogens is 428 g/mol. The van der Waals surface area contributed by atoms with Crippen molar-refractivity contribution < 1.29 is 4.58 Å². The molecule has 4 rings (SSSR count). The Labute approximate surface area is 210 Å². The Morgan fingerprint density at radius 3 is 1.54 bits per heavy atom. The summed E-state index contributed by atoms with van der Waals surface area (Å²) in [6, 6.07) is 24.4. The molecule has 0 N–H and O–H groups in total. The molecule has 0 heterocycles. The van der Waals surface area contributed by atoms with Gasteiger partial charge in [0.05, 0.1) is 11.3 Å². The predicted molar refractivity (Wildman–Crippen MR) is 154 cm³/mol. The molecule has 1 aliphatic carbocycles. The second kappa shape index (κ2) is 9.83. The van der Waals surface area contributed by atoms with Crippen LogP contribution < -0.4 is 14.7 Å². The van der Waals surface area contributed by atoms with E-state index in [2.05, 4.69) is 155 Å². The molecule has 4 heteroatoms. The predicted octanol–water partition coefficient (Wildman–Crippen LogP) is 5.47. The summed E-state index contributed by atoms with van der Waals surface area (Å²) >= 11 is 0. The molecule has 0 radical (unpaired) electrons. The molecule has 180 valence electrons. The van der Waals surface area contributed by atoms with Crippen molar-refractivity contribution in [2.45, 2.75) is 0 Å². The molecule has 35 heavy (non-hydrogen) atoms. The van der Waals surface area contributed by atoms with E-state index in [1.54, 1.807) is 0 Å². The zero-order chi connectivity index (χ0) is 25.3. The highest BCUT2D eigenvalue weighted by Crippen LogP contribution is 2.40. The summed E-state index contributed by atoms with van der Waals surface area (Å²) in [5, 5.41) is 0. The van der Waals surface area contributed by atoms with Crippen molar-refractivity contribution >= 4 is 33.9 Å². The standard InChI is InChI=1S/C31H37N4/c1-32(2)24-16-12-22(13-17-24)30(23-14-18-25(19-15-23)33(3)4)27-20-21-29(35(7)8)31-26(27)10-9-11-28(31)34(5)6/h9-21H,1-8H3/q+1. The first-order valence-electron chi connectivity index (χ1n) is 12.0. The molecule has 3 aromatic rings. The minimum absolute atomic E-state index is 1.19. The van der Waals surface area contributed by atoms with Crippen LogP contribution >= 0.6 is 0 Å². The number of fused-ring (bicyclic) bond motifs is 1. The minimum atomic E-state index is 1.19. The van der Waals surface area contributed by atoms with E-state index in [4.69, 9.17) is 0 Å². The third-order valence-electron chi connectivity index (χ3n) is 6.57. The molecule has 4 nitrogen and oxygen atoms in total. The maximum Gasteiger partial charge on any atom is 0.209 e. The van der Waals surface area contributed by atoms with Crippen LogP contribution in [0.3, 0.4) is 0 Å². The lowest BCUT2D eigenvalue weighted by Gasteiger charge is -2.25. The molecule has 0 saturated heterocycles. The number of nitrogens with zero attached hydrogens (tertiary/aromatic N) is 4. The molecule has 0 aromatic heterocycles. The summed E-state index contributed by atoms with van der Waals surface area (Å²) in [7, 11) is 16.8. The fourth-order valence-corrected chi connectivity index (χ4v) is 4.66. The van der Waals surface area contributed by atoms with Gasteiger partial charge in [-0.05, 0) is 64.2 Å².